The lowest BCUT2D eigenvalue weighted by Crippen LogP contribution is -2.68. The van der Waals surface area contributed by atoms with E-state index in [0.717, 1.165) is 25.7 Å². The summed E-state index contributed by atoms with van der Waals surface area (Å²) in [4.78, 5) is 0. The number of methoxy groups -OCH3 is 1. The van der Waals surface area contributed by atoms with Crippen LogP contribution in [0.5, 0.6) is 0 Å². The molecule has 4 aliphatic carbocycles. The molecule has 0 spiro atoms. The van der Waals surface area contributed by atoms with Crippen molar-refractivity contribution in [2.24, 2.45) is 52.3 Å². The Morgan fingerprint density at radius 3 is 2.11 bits per heavy atom. The number of aliphatic hydroxyl groups excluding tert-OH is 8. The van der Waals surface area contributed by atoms with Crippen molar-refractivity contribution >= 4 is 0 Å². The van der Waals surface area contributed by atoms with Crippen LogP contribution in [0.25, 0.3) is 0 Å². The SMILES string of the molecule is COC1COC(OC2C(OCCC(CCC(C)C3C(O)C(O)C4C3(C)CCC3C5(C)CCC(O)CC5C(O)CC34O)C(C)C)OCC(O)C2O)C(O)C1O. The van der Waals surface area contributed by atoms with Crippen molar-refractivity contribution in [2.75, 3.05) is 26.9 Å². The maximum atomic E-state index is 12.6. The molecular formula is C40H70O14. The van der Waals surface area contributed by atoms with Crippen molar-refractivity contribution in [1.29, 1.82) is 0 Å². The largest absolute Gasteiger partial charge is 0.393 e. The van der Waals surface area contributed by atoms with Gasteiger partial charge in [-0.25, -0.2) is 0 Å². The average molecular weight is 775 g/mol. The van der Waals surface area contributed by atoms with Crippen LogP contribution in [-0.4, -0.2) is 152 Å². The normalized spacial score (nSPS) is 52.0. The molecule has 0 bridgehead atoms. The minimum Gasteiger partial charge on any atom is -0.393 e. The topological polar surface area (TPSA) is 228 Å². The molecular weight excluding hydrogens is 704 g/mol. The Morgan fingerprint density at radius 1 is 0.741 bits per heavy atom. The summed E-state index contributed by atoms with van der Waals surface area (Å²) in [5, 5.41) is 100. The Labute approximate surface area is 320 Å². The lowest BCUT2D eigenvalue weighted by molar-refractivity contribution is -0.344. The van der Waals surface area contributed by atoms with Crippen molar-refractivity contribution in [2.45, 2.75) is 172 Å². The van der Waals surface area contributed by atoms with Crippen molar-refractivity contribution in [3.8, 4) is 0 Å². The summed E-state index contributed by atoms with van der Waals surface area (Å²) in [6.07, 6.45) is -7.29. The third-order valence-electron chi connectivity index (χ3n) is 15.6. The summed E-state index contributed by atoms with van der Waals surface area (Å²) in [6.45, 7) is 10.7. The lowest BCUT2D eigenvalue weighted by Gasteiger charge is -2.65. The van der Waals surface area contributed by atoms with E-state index in [1.165, 1.54) is 7.11 Å². The second-order valence-corrected chi connectivity index (χ2v) is 18.9. The quantitative estimate of drug-likeness (QED) is 0.133. The van der Waals surface area contributed by atoms with Crippen LogP contribution in [-0.2, 0) is 23.7 Å². The summed E-state index contributed by atoms with van der Waals surface area (Å²) in [6, 6.07) is 0. The molecule has 21 unspecified atom stereocenters. The van der Waals surface area contributed by atoms with Gasteiger partial charge in [0, 0.05) is 19.4 Å². The average Bonchev–Trinajstić information content (AvgIpc) is 3.32. The highest BCUT2D eigenvalue weighted by Crippen LogP contribution is 2.70. The predicted molar refractivity (Wildman–Crippen MR) is 193 cm³/mol. The van der Waals surface area contributed by atoms with Crippen LogP contribution in [0.3, 0.4) is 0 Å². The van der Waals surface area contributed by atoms with Crippen molar-refractivity contribution in [1.82, 2.24) is 0 Å². The Balaban J connectivity index is 1.08. The molecule has 2 aliphatic heterocycles. The van der Waals surface area contributed by atoms with Crippen molar-refractivity contribution < 1.29 is 69.6 Å². The Kier molecular flexibility index (Phi) is 13.2. The van der Waals surface area contributed by atoms with Crippen molar-refractivity contribution in [3.63, 3.8) is 0 Å². The van der Waals surface area contributed by atoms with Gasteiger partial charge in [-0.15, -0.1) is 0 Å². The number of fused-ring (bicyclic) bond motifs is 5. The molecule has 0 amide bonds. The maximum absolute atomic E-state index is 12.6. The minimum absolute atomic E-state index is 0.0275. The van der Waals surface area contributed by atoms with E-state index in [-0.39, 0.29) is 61.2 Å². The van der Waals surface area contributed by atoms with Crippen LogP contribution < -0.4 is 0 Å². The van der Waals surface area contributed by atoms with Crippen LogP contribution in [0, 0.1) is 52.3 Å². The van der Waals surface area contributed by atoms with Gasteiger partial charge in [0.25, 0.3) is 0 Å². The molecule has 0 aromatic rings. The van der Waals surface area contributed by atoms with Crippen molar-refractivity contribution in [3.05, 3.63) is 0 Å². The molecule has 0 aromatic carbocycles. The van der Waals surface area contributed by atoms with Gasteiger partial charge in [-0.1, -0.05) is 41.0 Å². The fourth-order valence-electron chi connectivity index (χ4n) is 12.6. The highest BCUT2D eigenvalue weighted by atomic mass is 16.7. The molecule has 314 valence electrons. The summed E-state index contributed by atoms with van der Waals surface area (Å²) >= 11 is 0. The third-order valence-corrected chi connectivity index (χ3v) is 15.6. The van der Waals surface area contributed by atoms with Gasteiger partial charge in [-0.3, -0.25) is 0 Å². The molecule has 2 saturated heterocycles. The Bertz CT molecular complexity index is 1240. The fraction of sp³-hybridized carbons (Fsp3) is 1.00. The lowest BCUT2D eigenvalue weighted by atomic mass is 9.42. The number of ether oxygens (including phenoxy) is 5. The molecule has 9 N–H and O–H groups in total. The van der Waals surface area contributed by atoms with Crippen LogP contribution in [0.1, 0.15) is 92.4 Å². The van der Waals surface area contributed by atoms with Gasteiger partial charge in [0.15, 0.2) is 12.6 Å². The Hall–Kier alpha value is -0.560. The predicted octanol–water partition coefficient (Wildman–Crippen LogP) is 0.685. The highest BCUT2D eigenvalue weighted by Gasteiger charge is 2.72. The molecule has 14 nitrogen and oxygen atoms in total. The number of hydrogen-bond acceptors (Lipinski definition) is 14. The molecule has 6 aliphatic rings. The molecule has 2 heterocycles. The molecule has 0 aromatic heterocycles. The van der Waals surface area contributed by atoms with E-state index in [9.17, 15) is 46.0 Å². The summed E-state index contributed by atoms with van der Waals surface area (Å²) in [7, 11) is 1.39. The number of aliphatic hydroxyl groups is 9. The first-order chi connectivity index (χ1) is 25.4. The van der Waals surface area contributed by atoms with Crippen LogP contribution in [0.4, 0.5) is 0 Å². The zero-order chi connectivity index (χ0) is 39.5. The summed E-state index contributed by atoms with van der Waals surface area (Å²) < 4.78 is 28.4. The third kappa shape index (κ3) is 7.58. The van der Waals surface area contributed by atoms with E-state index in [2.05, 4.69) is 34.6 Å². The van der Waals surface area contributed by atoms with Gasteiger partial charge < -0.3 is 69.6 Å². The molecule has 21 atom stereocenters. The zero-order valence-electron chi connectivity index (χ0n) is 33.0. The second kappa shape index (κ2) is 16.6. The van der Waals surface area contributed by atoms with Crippen LogP contribution >= 0.6 is 0 Å². The van der Waals surface area contributed by atoms with E-state index in [1.807, 2.05) is 0 Å². The first-order valence-corrected chi connectivity index (χ1v) is 20.6. The molecule has 0 radical (unpaired) electrons. The first-order valence-electron chi connectivity index (χ1n) is 20.6. The Morgan fingerprint density at radius 2 is 1.43 bits per heavy atom. The fourth-order valence-corrected chi connectivity index (χ4v) is 12.6. The molecule has 4 saturated carbocycles. The van der Waals surface area contributed by atoms with E-state index in [1.54, 1.807) is 0 Å². The maximum Gasteiger partial charge on any atom is 0.186 e. The van der Waals surface area contributed by atoms with Gasteiger partial charge in [-0.05, 0) is 91.3 Å². The zero-order valence-corrected chi connectivity index (χ0v) is 33.0. The smallest absolute Gasteiger partial charge is 0.186 e. The van der Waals surface area contributed by atoms with E-state index < -0.39 is 90.6 Å². The first kappa shape index (κ1) is 43.0. The van der Waals surface area contributed by atoms with Gasteiger partial charge in [-0.2, -0.15) is 0 Å². The van der Waals surface area contributed by atoms with E-state index in [4.69, 9.17) is 23.7 Å². The van der Waals surface area contributed by atoms with Gasteiger partial charge in [0.2, 0.25) is 0 Å². The monoisotopic (exact) mass is 774 g/mol. The van der Waals surface area contributed by atoms with E-state index in [0.29, 0.717) is 31.6 Å². The van der Waals surface area contributed by atoms with Crippen LogP contribution in [0.15, 0.2) is 0 Å². The number of hydrogen-bond donors (Lipinski definition) is 9. The standard InChI is InChI=1S/C40H70O14/c1-19(2)21(11-14-51-37-34(29(44)25(43)17-52-37)54-36-33(48)30(45)26(50-6)18-53-36)8-7-20(3)28-31(46)32(47)35-39(28,5)13-10-27-38(4)12-9-22(41)15-23(38)24(42)16-40(27,35)49/h19-37,41-49H,7-18H2,1-6H3. The van der Waals surface area contributed by atoms with Gasteiger partial charge in [0.1, 0.15) is 36.6 Å². The van der Waals surface area contributed by atoms with Gasteiger partial charge in [0.05, 0.1) is 49.8 Å². The molecule has 14 heteroatoms. The molecule has 6 rings (SSSR count). The second-order valence-electron chi connectivity index (χ2n) is 18.9. The van der Waals surface area contributed by atoms with E-state index >= 15 is 0 Å². The molecule has 54 heavy (non-hydrogen) atoms. The number of rotatable bonds is 12. The molecule has 6 fully saturated rings. The van der Waals surface area contributed by atoms with Crippen LogP contribution in [0.2, 0.25) is 0 Å². The minimum atomic E-state index is -1.46. The highest BCUT2D eigenvalue weighted by molar-refractivity contribution is 5.21. The summed E-state index contributed by atoms with van der Waals surface area (Å²) in [5.41, 5.74) is -2.22. The van der Waals surface area contributed by atoms with Gasteiger partial charge >= 0.3 is 0 Å². The summed E-state index contributed by atoms with van der Waals surface area (Å²) in [5.74, 6) is -0.541.